The number of ether oxygens (including phenoxy) is 1. The molecule has 1 aromatic heterocycles. The third kappa shape index (κ3) is 5.69. The third-order valence-electron chi connectivity index (χ3n) is 3.65. The van der Waals surface area contributed by atoms with E-state index in [1.165, 1.54) is 18.4 Å². The number of methoxy groups -OCH3 is 1. The van der Waals surface area contributed by atoms with Gasteiger partial charge in [-0.15, -0.1) is 11.3 Å². The highest BCUT2D eigenvalue weighted by molar-refractivity contribution is 7.09. The van der Waals surface area contributed by atoms with Crippen molar-refractivity contribution in [3.63, 3.8) is 0 Å². The van der Waals surface area contributed by atoms with Gasteiger partial charge < -0.3 is 9.64 Å². The zero-order valence-electron chi connectivity index (χ0n) is 14.8. The molecule has 0 N–H and O–H groups in total. The summed E-state index contributed by atoms with van der Waals surface area (Å²) in [6.07, 6.45) is 0.843. The van der Waals surface area contributed by atoms with Crippen LogP contribution < -0.4 is 0 Å². The number of carbonyl (C=O) groups excluding carboxylic acids is 2. The molecule has 0 aliphatic carbocycles. The Morgan fingerprint density at radius 2 is 1.88 bits per heavy atom. The van der Waals surface area contributed by atoms with Crippen molar-refractivity contribution >= 4 is 46.4 Å². The lowest BCUT2D eigenvalue weighted by Gasteiger charge is -2.23. The van der Waals surface area contributed by atoms with Crippen LogP contribution in [-0.4, -0.2) is 35.4 Å². The average molecular weight is 415 g/mol. The molecule has 0 aliphatic heterocycles. The van der Waals surface area contributed by atoms with E-state index in [1.807, 2.05) is 0 Å². The molecule has 2 rings (SSSR count). The number of halogens is 2. The second kappa shape index (κ2) is 9.35. The first-order chi connectivity index (χ1) is 12.3. The molecule has 0 spiro atoms. The molecule has 0 bridgehead atoms. The highest BCUT2D eigenvalue weighted by atomic mass is 35.5. The second-order valence-electron chi connectivity index (χ2n) is 6.19. The van der Waals surface area contributed by atoms with Crippen LogP contribution in [0.3, 0.4) is 0 Å². The third-order valence-corrected chi connectivity index (χ3v) is 4.92. The summed E-state index contributed by atoms with van der Waals surface area (Å²) in [5.41, 5.74) is 0.672. The smallest absolute Gasteiger partial charge is 0.357 e. The van der Waals surface area contributed by atoms with E-state index in [4.69, 9.17) is 23.2 Å². The number of nitrogens with zero attached hydrogens (tertiary/aromatic N) is 2. The molecule has 26 heavy (non-hydrogen) atoms. The Morgan fingerprint density at radius 1 is 1.23 bits per heavy atom. The van der Waals surface area contributed by atoms with E-state index in [-0.39, 0.29) is 11.6 Å². The van der Waals surface area contributed by atoms with Crippen molar-refractivity contribution in [2.75, 3.05) is 13.7 Å². The van der Waals surface area contributed by atoms with E-state index in [0.717, 1.165) is 6.42 Å². The predicted octanol–water partition coefficient (Wildman–Crippen LogP) is 4.93. The molecule has 1 aromatic carbocycles. The van der Waals surface area contributed by atoms with Gasteiger partial charge in [-0.25, -0.2) is 9.78 Å². The van der Waals surface area contributed by atoms with Gasteiger partial charge in [0.05, 0.1) is 13.7 Å². The first-order valence-corrected chi connectivity index (χ1v) is 9.71. The first-order valence-electron chi connectivity index (χ1n) is 8.08. The van der Waals surface area contributed by atoms with E-state index in [9.17, 15) is 9.59 Å². The number of hydrogen-bond acceptors (Lipinski definition) is 5. The number of carbonyl (C=O) groups is 2. The fourth-order valence-electron chi connectivity index (χ4n) is 2.27. The van der Waals surface area contributed by atoms with Crippen molar-refractivity contribution in [2.45, 2.75) is 26.8 Å². The molecule has 2 aromatic rings. The minimum Gasteiger partial charge on any atom is -0.464 e. The van der Waals surface area contributed by atoms with E-state index in [1.54, 1.807) is 28.5 Å². The Hall–Kier alpha value is -1.63. The number of hydrogen-bond donors (Lipinski definition) is 0. The van der Waals surface area contributed by atoms with Crippen LogP contribution in [0.1, 0.15) is 46.1 Å². The highest BCUT2D eigenvalue weighted by Crippen LogP contribution is 2.22. The summed E-state index contributed by atoms with van der Waals surface area (Å²) in [6, 6.07) is 4.78. The maximum Gasteiger partial charge on any atom is 0.357 e. The summed E-state index contributed by atoms with van der Waals surface area (Å²) in [5, 5.41) is 3.11. The topological polar surface area (TPSA) is 59.5 Å². The van der Waals surface area contributed by atoms with Crippen molar-refractivity contribution in [1.82, 2.24) is 9.88 Å². The summed E-state index contributed by atoms with van der Waals surface area (Å²) in [5.74, 6) is -0.228. The van der Waals surface area contributed by atoms with Crippen LogP contribution in [-0.2, 0) is 11.3 Å². The minimum atomic E-state index is -0.492. The lowest BCUT2D eigenvalue weighted by atomic mass is 10.1. The summed E-state index contributed by atoms with van der Waals surface area (Å²) < 4.78 is 4.67. The standard InChI is InChI=1S/C18H20Cl2N2O3S/c1-11(2)4-5-22(9-16-21-15(10-26-16)18(24)25-3)17(23)12-6-13(19)8-14(20)7-12/h6-8,10-11H,4-5,9H2,1-3H3. The monoisotopic (exact) mass is 414 g/mol. The van der Waals surface area contributed by atoms with Crippen LogP contribution in [0.4, 0.5) is 0 Å². The molecule has 0 saturated heterocycles. The summed E-state index contributed by atoms with van der Waals surface area (Å²) in [6.45, 7) is 5.06. The van der Waals surface area contributed by atoms with Crippen molar-refractivity contribution < 1.29 is 14.3 Å². The predicted molar refractivity (Wildman–Crippen MR) is 104 cm³/mol. The van der Waals surface area contributed by atoms with Gasteiger partial charge in [0.15, 0.2) is 5.69 Å². The van der Waals surface area contributed by atoms with E-state index >= 15 is 0 Å². The molecule has 8 heteroatoms. The normalized spacial score (nSPS) is 10.8. The van der Waals surface area contributed by atoms with Crippen LogP contribution in [0.15, 0.2) is 23.6 Å². The van der Waals surface area contributed by atoms with Crippen LogP contribution in [0.5, 0.6) is 0 Å². The lowest BCUT2D eigenvalue weighted by molar-refractivity contribution is 0.0594. The largest absolute Gasteiger partial charge is 0.464 e. The number of rotatable bonds is 7. The molecule has 5 nitrogen and oxygen atoms in total. The lowest BCUT2D eigenvalue weighted by Crippen LogP contribution is -2.32. The van der Waals surface area contributed by atoms with Crippen molar-refractivity contribution in [3.05, 3.63) is 49.9 Å². The summed E-state index contributed by atoms with van der Waals surface area (Å²) >= 11 is 13.4. The molecule has 0 unspecified atom stereocenters. The maximum atomic E-state index is 13.0. The van der Waals surface area contributed by atoms with Crippen LogP contribution in [0.2, 0.25) is 10.0 Å². The highest BCUT2D eigenvalue weighted by Gasteiger charge is 2.20. The quantitative estimate of drug-likeness (QED) is 0.602. The number of esters is 1. The average Bonchev–Trinajstić information content (AvgIpc) is 3.04. The van der Waals surface area contributed by atoms with Gasteiger partial charge in [0, 0.05) is 27.5 Å². The molecule has 0 fully saturated rings. The Morgan fingerprint density at radius 3 is 2.46 bits per heavy atom. The Labute approximate surface area is 166 Å². The summed E-state index contributed by atoms with van der Waals surface area (Å²) in [7, 11) is 1.31. The SMILES string of the molecule is COC(=O)c1csc(CN(CCC(C)C)C(=O)c2cc(Cl)cc(Cl)c2)n1. The van der Waals surface area contributed by atoms with E-state index in [2.05, 4.69) is 23.6 Å². The molecular formula is C18H20Cl2N2O3S. The Kier molecular flexibility index (Phi) is 7.43. The van der Waals surface area contributed by atoms with Crippen molar-refractivity contribution in [3.8, 4) is 0 Å². The molecular weight excluding hydrogens is 395 g/mol. The zero-order chi connectivity index (χ0) is 19.3. The molecule has 0 atom stereocenters. The van der Waals surface area contributed by atoms with Crippen molar-refractivity contribution in [2.24, 2.45) is 5.92 Å². The molecule has 0 radical (unpaired) electrons. The van der Waals surface area contributed by atoms with Gasteiger partial charge in [0.25, 0.3) is 5.91 Å². The number of aromatic nitrogens is 1. The minimum absolute atomic E-state index is 0.176. The number of benzene rings is 1. The van der Waals surface area contributed by atoms with E-state index in [0.29, 0.717) is 39.6 Å². The van der Waals surface area contributed by atoms with Crippen LogP contribution >= 0.6 is 34.5 Å². The number of thiazole rings is 1. The van der Waals surface area contributed by atoms with Gasteiger partial charge in [-0.2, -0.15) is 0 Å². The fraction of sp³-hybridized carbons (Fsp3) is 0.389. The van der Waals surface area contributed by atoms with Gasteiger partial charge in [-0.1, -0.05) is 37.0 Å². The van der Waals surface area contributed by atoms with Gasteiger partial charge in [0.1, 0.15) is 5.01 Å². The van der Waals surface area contributed by atoms with E-state index < -0.39 is 5.97 Å². The zero-order valence-corrected chi connectivity index (χ0v) is 17.1. The molecule has 1 amide bonds. The van der Waals surface area contributed by atoms with Gasteiger partial charge in [0.2, 0.25) is 0 Å². The Balaban J connectivity index is 2.23. The molecule has 0 saturated carbocycles. The number of amides is 1. The van der Waals surface area contributed by atoms with Gasteiger partial charge in [-0.3, -0.25) is 4.79 Å². The summed E-state index contributed by atoms with van der Waals surface area (Å²) in [4.78, 5) is 30.5. The molecule has 0 aliphatic rings. The molecule has 140 valence electrons. The molecule has 1 heterocycles. The van der Waals surface area contributed by atoms with Crippen LogP contribution in [0, 0.1) is 5.92 Å². The second-order valence-corrected chi connectivity index (χ2v) is 8.00. The van der Waals surface area contributed by atoms with Gasteiger partial charge >= 0.3 is 5.97 Å². The van der Waals surface area contributed by atoms with Crippen LogP contribution in [0.25, 0.3) is 0 Å². The Bertz CT molecular complexity index is 772. The maximum absolute atomic E-state index is 13.0. The van der Waals surface area contributed by atoms with Gasteiger partial charge in [-0.05, 0) is 30.5 Å². The fourth-order valence-corrected chi connectivity index (χ4v) is 3.58. The first kappa shape index (κ1) is 20.7. The van der Waals surface area contributed by atoms with Crippen molar-refractivity contribution in [1.29, 1.82) is 0 Å².